The molecule has 2 aromatic carbocycles. The summed E-state index contributed by atoms with van der Waals surface area (Å²) >= 11 is 0. The van der Waals surface area contributed by atoms with E-state index < -0.39 is 17.3 Å². The third kappa shape index (κ3) is 2.73. The van der Waals surface area contributed by atoms with Crippen LogP contribution in [0, 0.1) is 5.82 Å². The second-order valence-corrected chi connectivity index (χ2v) is 4.98. The van der Waals surface area contributed by atoms with Gasteiger partial charge in [-0.1, -0.05) is 30.3 Å². The van der Waals surface area contributed by atoms with Gasteiger partial charge in [0.15, 0.2) is 0 Å². The maximum atomic E-state index is 13.7. The van der Waals surface area contributed by atoms with Crippen LogP contribution >= 0.6 is 0 Å². The van der Waals surface area contributed by atoms with E-state index >= 15 is 0 Å². The van der Waals surface area contributed by atoms with Gasteiger partial charge in [-0.15, -0.1) is 0 Å². The van der Waals surface area contributed by atoms with Crippen molar-refractivity contribution >= 4 is 16.9 Å². The first-order valence-corrected chi connectivity index (χ1v) is 7.20. The highest BCUT2D eigenvalue weighted by Gasteiger charge is 2.21. The van der Waals surface area contributed by atoms with Crippen molar-refractivity contribution in [1.29, 1.82) is 0 Å². The zero-order chi connectivity index (χ0) is 16.4. The highest BCUT2D eigenvalue weighted by atomic mass is 19.1. The Morgan fingerprint density at radius 3 is 2.61 bits per heavy atom. The topological polar surface area (TPSA) is 59.2 Å². The van der Waals surface area contributed by atoms with E-state index in [4.69, 9.17) is 4.74 Å². The molecule has 0 saturated heterocycles. The molecule has 0 atom stereocenters. The number of nitrogens with one attached hydrogen (secondary N) is 1. The Labute approximate surface area is 131 Å². The van der Waals surface area contributed by atoms with Crippen molar-refractivity contribution in [2.24, 2.45) is 0 Å². The molecular formula is C18H14FNO3. The van der Waals surface area contributed by atoms with E-state index in [2.05, 4.69) is 4.98 Å². The predicted molar refractivity (Wildman–Crippen MR) is 85.9 cm³/mol. The van der Waals surface area contributed by atoms with Crippen molar-refractivity contribution in [2.75, 3.05) is 6.61 Å². The molecule has 0 aliphatic heterocycles. The molecule has 0 fully saturated rings. The molecule has 0 bridgehead atoms. The number of H-pyrrole nitrogens is 1. The van der Waals surface area contributed by atoms with Crippen LogP contribution in [0.25, 0.3) is 22.0 Å². The molecule has 0 radical (unpaired) electrons. The summed E-state index contributed by atoms with van der Waals surface area (Å²) in [4.78, 5) is 27.2. The van der Waals surface area contributed by atoms with Crippen LogP contribution in [0.1, 0.15) is 17.3 Å². The molecule has 0 saturated carbocycles. The minimum Gasteiger partial charge on any atom is -0.462 e. The monoisotopic (exact) mass is 311 g/mol. The van der Waals surface area contributed by atoms with Crippen LogP contribution in [-0.2, 0) is 4.74 Å². The average Bonchev–Trinajstić information content (AvgIpc) is 2.55. The summed E-state index contributed by atoms with van der Waals surface area (Å²) in [6.07, 6.45) is 0. The smallest absolute Gasteiger partial charge is 0.344 e. The number of hydrogen-bond donors (Lipinski definition) is 1. The minimum absolute atomic E-state index is 0.115. The van der Waals surface area contributed by atoms with E-state index in [0.29, 0.717) is 22.0 Å². The summed E-state index contributed by atoms with van der Waals surface area (Å²) in [5.74, 6) is -1.17. The lowest BCUT2D eigenvalue weighted by Crippen LogP contribution is -2.21. The molecule has 116 valence electrons. The normalized spacial score (nSPS) is 10.7. The number of ether oxygens (including phenoxy) is 1. The van der Waals surface area contributed by atoms with Crippen LogP contribution in [0.2, 0.25) is 0 Å². The van der Waals surface area contributed by atoms with E-state index in [-0.39, 0.29) is 12.2 Å². The third-order valence-corrected chi connectivity index (χ3v) is 3.52. The molecule has 0 aliphatic carbocycles. The molecule has 3 aromatic rings. The number of hydrogen-bond acceptors (Lipinski definition) is 3. The van der Waals surface area contributed by atoms with Crippen molar-refractivity contribution < 1.29 is 13.9 Å². The number of benzene rings is 2. The maximum absolute atomic E-state index is 13.7. The number of carbonyl (C=O) groups is 1. The molecule has 1 N–H and O–H groups in total. The molecule has 0 aliphatic rings. The van der Waals surface area contributed by atoms with Crippen LogP contribution in [0.15, 0.2) is 53.3 Å². The minimum atomic E-state index is -0.723. The standard InChI is InChI=1S/C18H14FNO3/c1-2-23-18(22)16-15(11-6-4-3-5-7-11)13-10-12(19)8-9-14(13)20-17(16)21/h3-10H,2H2,1H3,(H,20,21). The third-order valence-electron chi connectivity index (χ3n) is 3.52. The van der Waals surface area contributed by atoms with Crippen molar-refractivity contribution in [1.82, 2.24) is 4.98 Å². The average molecular weight is 311 g/mol. The maximum Gasteiger partial charge on any atom is 0.344 e. The summed E-state index contributed by atoms with van der Waals surface area (Å²) in [7, 11) is 0. The van der Waals surface area contributed by atoms with Gasteiger partial charge in [0.1, 0.15) is 11.4 Å². The largest absolute Gasteiger partial charge is 0.462 e. The SMILES string of the molecule is CCOC(=O)c1c(-c2ccccc2)c2cc(F)ccc2[nH]c1=O. The first-order chi connectivity index (χ1) is 11.1. The Kier molecular flexibility index (Phi) is 3.93. The number of carbonyl (C=O) groups excluding carboxylic acids is 1. The van der Waals surface area contributed by atoms with Gasteiger partial charge in [-0.2, -0.15) is 0 Å². The van der Waals surface area contributed by atoms with Crippen LogP contribution in [0.3, 0.4) is 0 Å². The zero-order valence-electron chi connectivity index (χ0n) is 12.4. The Morgan fingerprint density at radius 1 is 1.17 bits per heavy atom. The summed E-state index contributed by atoms with van der Waals surface area (Å²) in [5.41, 5.74) is 0.820. The van der Waals surface area contributed by atoms with Gasteiger partial charge in [0, 0.05) is 16.5 Å². The molecule has 5 heteroatoms. The molecule has 0 spiro atoms. The molecule has 3 rings (SSSR count). The molecule has 4 nitrogen and oxygen atoms in total. The lowest BCUT2D eigenvalue weighted by Gasteiger charge is -2.12. The van der Waals surface area contributed by atoms with E-state index in [1.165, 1.54) is 18.2 Å². The van der Waals surface area contributed by atoms with Crippen LogP contribution in [0.5, 0.6) is 0 Å². The number of pyridine rings is 1. The Hall–Kier alpha value is -2.95. The Morgan fingerprint density at radius 2 is 1.91 bits per heavy atom. The molecular weight excluding hydrogens is 297 g/mol. The van der Waals surface area contributed by atoms with Crippen molar-refractivity contribution in [3.05, 3.63) is 70.3 Å². The van der Waals surface area contributed by atoms with E-state index in [1.807, 2.05) is 6.07 Å². The summed E-state index contributed by atoms with van der Waals surface area (Å²) in [6.45, 7) is 1.81. The highest BCUT2D eigenvalue weighted by molar-refractivity contribution is 6.06. The fraction of sp³-hybridized carbons (Fsp3) is 0.111. The molecule has 1 heterocycles. The number of aromatic nitrogens is 1. The molecule has 1 aromatic heterocycles. The number of aromatic amines is 1. The van der Waals surface area contributed by atoms with Gasteiger partial charge < -0.3 is 9.72 Å². The van der Waals surface area contributed by atoms with Gasteiger partial charge in [0.2, 0.25) is 0 Å². The first kappa shape index (κ1) is 15.0. The van der Waals surface area contributed by atoms with Gasteiger partial charge in [-0.25, -0.2) is 9.18 Å². The fourth-order valence-electron chi connectivity index (χ4n) is 2.57. The zero-order valence-corrected chi connectivity index (χ0v) is 12.4. The lowest BCUT2D eigenvalue weighted by atomic mass is 9.96. The quantitative estimate of drug-likeness (QED) is 0.753. The Balaban J connectivity index is 2.44. The van der Waals surface area contributed by atoms with Crippen LogP contribution < -0.4 is 5.56 Å². The lowest BCUT2D eigenvalue weighted by molar-refractivity contribution is 0.0525. The molecule has 0 amide bonds. The summed E-state index contributed by atoms with van der Waals surface area (Å²) in [6, 6.07) is 13.0. The van der Waals surface area contributed by atoms with Crippen molar-refractivity contribution in [3.8, 4) is 11.1 Å². The predicted octanol–water partition coefficient (Wildman–Crippen LogP) is 3.51. The van der Waals surface area contributed by atoms with E-state index in [9.17, 15) is 14.0 Å². The highest BCUT2D eigenvalue weighted by Crippen LogP contribution is 2.30. The van der Waals surface area contributed by atoms with Gasteiger partial charge >= 0.3 is 5.97 Å². The molecule has 0 unspecified atom stereocenters. The van der Waals surface area contributed by atoms with Crippen molar-refractivity contribution in [2.45, 2.75) is 6.92 Å². The van der Waals surface area contributed by atoms with E-state index in [1.54, 1.807) is 31.2 Å². The summed E-state index contributed by atoms with van der Waals surface area (Å²) < 4.78 is 18.7. The van der Waals surface area contributed by atoms with Gasteiger partial charge in [0.25, 0.3) is 5.56 Å². The second kappa shape index (κ2) is 6.04. The van der Waals surface area contributed by atoms with Crippen molar-refractivity contribution in [3.63, 3.8) is 0 Å². The second-order valence-electron chi connectivity index (χ2n) is 4.98. The number of rotatable bonds is 3. The summed E-state index contributed by atoms with van der Waals surface area (Å²) in [5, 5.41) is 0.457. The number of esters is 1. The van der Waals surface area contributed by atoms with Gasteiger partial charge in [-0.05, 0) is 30.7 Å². The molecule has 23 heavy (non-hydrogen) atoms. The van der Waals surface area contributed by atoms with Crippen LogP contribution in [-0.4, -0.2) is 17.6 Å². The first-order valence-electron chi connectivity index (χ1n) is 7.20. The van der Waals surface area contributed by atoms with Gasteiger partial charge in [0.05, 0.1) is 6.61 Å². The van der Waals surface area contributed by atoms with Crippen LogP contribution in [0.4, 0.5) is 4.39 Å². The number of halogens is 1. The number of fused-ring (bicyclic) bond motifs is 1. The Bertz CT molecular complexity index is 932. The van der Waals surface area contributed by atoms with Gasteiger partial charge in [-0.3, -0.25) is 4.79 Å². The van der Waals surface area contributed by atoms with E-state index in [0.717, 1.165) is 0 Å². The fourth-order valence-corrected chi connectivity index (χ4v) is 2.57.